The molecule has 0 unspecified atom stereocenters. The summed E-state index contributed by atoms with van der Waals surface area (Å²) in [5, 5.41) is 20.3. The molecule has 34 heavy (non-hydrogen) atoms. The van der Waals surface area contributed by atoms with Crippen LogP contribution in [-0.2, 0) is 0 Å². The van der Waals surface area contributed by atoms with Gasteiger partial charge in [0.2, 0.25) is 17.5 Å². The predicted octanol–water partition coefficient (Wildman–Crippen LogP) is 3.60. The van der Waals surface area contributed by atoms with Crippen molar-refractivity contribution in [3.63, 3.8) is 0 Å². The standard InChI is InChI=1S/C24H21N5O5/c1-33-20-9-5-18(6-10-20)23(30)27-12-14-28(15-13-27)24-21(16-25)26-22(34-24)11-4-17-2-7-19(8-3-17)29(31)32/h2-11H,12-15H2,1H3/b11-4+. The molecule has 0 spiro atoms. The van der Waals surface area contributed by atoms with Crippen LogP contribution in [0.3, 0.4) is 0 Å². The van der Waals surface area contributed by atoms with Crippen LogP contribution in [0.4, 0.5) is 11.6 Å². The van der Waals surface area contributed by atoms with Gasteiger partial charge in [0.1, 0.15) is 11.8 Å². The zero-order valence-electron chi connectivity index (χ0n) is 18.4. The molecule has 0 bridgehead atoms. The normalized spacial score (nSPS) is 13.6. The summed E-state index contributed by atoms with van der Waals surface area (Å²) in [6.45, 7) is 1.95. The Morgan fingerprint density at radius 3 is 2.38 bits per heavy atom. The Bertz CT molecular complexity index is 1250. The molecule has 0 N–H and O–H groups in total. The first-order valence-electron chi connectivity index (χ1n) is 10.5. The van der Waals surface area contributed by atoms with Gasteiger partial charge in [-0.25, -0.2) is 0 Å². The van der Waals surface area contributed by atoms with Crippen molar-refractivity contribution < 1.29 is 18.9 Å². The number of methoxy groups -OCH3 is 1. The molecule has 10 nitrogen and oxygen atoms in total. The molecule has 0 saturated carbocycles. The molecule has 172 valence electrons. The summed E-state index contributed by atoms with van der Waals surface area (Å²) in [6, 6.07) is 15.1. The van der Waals surface area contributed by atoms with Crippen LogP contribution in [0.1, 0.15) is 27.5 Å². The zero-order valence-corrected chi connectivity index (χ0v) is 18.4. The van der Waals surface area contributed by atoms with E-state index in [-0.39, 0.29) is 23.2 Å². The van der Waals surface area contributed by atoms with Gasteiger partial charge in [-0.05, 0) is 48.0 Å². The fourth-order valence-electron chi connectivity index (χ4n) is 3.59. The van der Waals surface area contributed by atoms with Crippen LogP contribution in [0.25, 0.3) is 12.2 Å². The molecule has 4 rings (SSSR count). The molecule has 0 radical (unpaired) electrons. The van der Waals surface area contributed by atoms with Gasteiger partial charge in [0.15, 0.2) is 0 Å². The average Bonchev–Trinajstić information content (AvgIpc) is 3.31. The molecule has 10 heteroatoms. The van der Waals surface area contributed by atoms with Crippen molar-refractivity contribution in [2.75, 3.05) is 38.2 Å². The minimum Gasteiger partial charge on any atom is -0.497 e. The monoisotopic (exact) mass is 459 g/mol. The van der Waals surface area contributed by atoms with Gasteiger partial charge in [0.25, 0.3) is 11.6 Å². The summed E-state index contributed by atoms with van der Waals surface area (Å²) < 4.78 is 10.9. The number of nitriles is 1. The number of oxazole rings is 1. The number of piperazine rings is 1. The molecule has 2 aromatic carbocycles. The van der Waals surface area contributed by atoms with Gasteiger partial charge in [-0.2, -0.15) is 10.2 Å². The van der Waals surface area contributed by atoms with Crippen molar-refractivity contribution in [1.29, 1.82) is 5.26 Å². The lowest BCUT2D eigenvalue weighted by molar-refractivity contribution is -0.384. The van der Waals surface area contributed by atoms with Gasteiger partial charge in [-0.3, -0.25) is 14.9 Å². The second kappa shape index (κ2) is 9.87. The maximum absolute atomic E-state index is 12.8. The average molecular weight is 459 g/mol. The number of nitro groups is 1. The summed E-state index contributed by atoms with van der Waals surface area (Å²) in [6.07, 6.45) is 3.31. The molecule has 1 saturated heterocycles. The van der Waals surface area contributed by atoms with E-state index < -0.39 is 4.92 Å². The lowest BCUT2D eigenvalue weighted by Crippen LogP contribution is -2.48. The van der Waals surface area contributed by atoms with Crippen molar-refractivity contribution in [1.82, 2.24) is 9.88 Å². The van der Waals surface area contributed by atoms with E-state index in [9.17, 15) is 20.2 Å². The van der Waals surface area contributed by atoms with Gasteiger partial charge in [0, 0.05) is 50.0 Å². The number of nitro benzene ring substituents is 1. The number of ether oxygens (including phenoxy) is 1. The van der Waals surface area contributed by atoms with Crippen LogP contribution in [0.5, 0.6) is 5.75 Å². The first-order valence-corrected chi connectivity index (χ1v) is 10.5. The highest BCUT2D eigenvalue weighted by Gasteiger charge is 2.26. The van der Waals surface area contributed by atoms with E-state index in [1.807, 2.05) is 4.90 Å². The van der Waals surface area contributed by atoms with Crippen LogP contribution in [0, 0.1) is 21.4 Å². The van der Waals surface area contributed by atoms with Crippen LogP contribution >= 0.6 is 0 Å². The minimum absolute atomic E-state index is 0.00643. The van der Waals surface area contributed by atoms with E-state index in [0.717, 1.165) is 5.56 Å². The molecule has 1 amide bonds. The molecule has 1 fully saturated rings. The summed E-state index contributed by atoms with van der Waals surface area (Å²) >= 11 is 0. The Morgan fingerprint density at radius 1 is 1.12 bits per heavy atom. The summed E-state index contributed by atoms with van der Waals surface area (Å²) in [7, 11) is 1.58. The molecular weight excluding hydrogens is 438 g/mol. The van der Waals surface area contributed by atoms with Gasteiger partial charge < -0.3 is 19.0 Å². The van der Waals surface area contributed by atoms with Crippen molar-refractivity contribution >= 4 is 29.6 Å². The van der Waals surface area contributed by atoms with E-state index in [2.05, 4.69) is 11.1 Å². The number of carbonyl (C=O) groups excluding carboxylic acids is 1. The van der Waals surface area contributed by atoms with Crippen LogP contribution < -0.4 is 9.64 Å². The number of rotatable bonds is 6. The summed E-state index contributed by atoms with van der Waals surface area (Å²) in [5.74, 6) is 1.24. The van der Waals surface area contributed by atoms with Gasteiger partial charge in [0.05, 0.1) is 12.0 Å². The summed E-state index contributed by atoms with van der Waals surface area (Å²) in [5.41, 5.74) is 1.49. The molecule has 2 heterocycles. The van der Waals surface area contributed by atoms with E-state index in [4.69, 9.17) is 9.15 Å². The molecule has 1 aliphatic heterocycles. The largest absolute Gasteiger partial charge is 0.497 e. The number of hydrogen-bond acceptors (Lipinski definition) is 8. The fourth-order valence-corrected chi connectivity index (χ4v) is 3.59. The van der Waals surface area contributed by atoms with E-state index in [1.54, 1.807) is 60.6 Å². The number of nitrogens with zero attached hydrogens (tertiary/aromatic N) is 5. The van der Waals surface area contributed by atoms with Crippen molar-refractivity contribution in [2.45, 2.75) is 0 Å². The Balaban J connectivity index is 1.41. The second-order valence-corrected chi connectivity index (χ2v) is 7.51. The molecule has 0 aliphatic carbocycles. The predicted molar refractivity (Wildman–Crippen MR) is 124 cm³/mol. The topological polar surface area (TPSA) is 126 Å². The Kier molecular flexibility index (Phi) is 6.54. The second-order valence-electron chi connectivity index (χ2n) is 7.51. The van der Waals surface area contributed by atoms with Crippen molar-refractivity contribution in [3.8, 4) is 11.8 Å². The van der Waals surface area contributed by atoms with Crippen molar-refractivity contribution in [3.05, 3.63) is 81.4 Å². The molecular formula is C24H21N5O5. The highest BCUT2D eigenvalue weighted by molar-refractivity contribution is 5.94. The van der Waals surface area contributed by atoms with Crippen LogP contribution in [0.2, 0.25) is 0 Å². The number of aromatic nitrogens is 1. The van der Waals surface area contributed by atoms with Gasteiger partial charge >= 0.3 is 0 Å². The first kappa shape index (κ1) is 22.5. The third-order valence-electron chi connectivity index (χ3n) is 5.45. The van der Waals surface area contributed by atoms with Crippen LogP contribution in [0.15, 0.2) is 52.9 Å². The maximum atomic E-state index is 12.8. The molecule has 0 atom stereocenters. The molecule has 3 aromatic rings. The SMILES string of the molecule is COc1ccc(C(=O)N2CCN(c3oc(/C=C/c4ccc([N+](=O)[O-])cc4)nc3C#N)CC2)cc1. The van der Waals surface area contributed by atoms with Crippen LogP contribution in [-0.4, -0.2) is 54.0 Å². The van der Waals surface area contributed by atoms with Gasteiger partial charge in [-0.1, -0.05) is 0 Å². The number of amides is 1. The quantitative estimate of drug-likeness (QED) is 0.404. The Morgan fingerprint density at radius 2 is 1.79 bits per heavy atom. The number of non-ortho nitro benzene ring substituents is 1. The first-order chi connectivity index (χ1) is 16.5. The number of hydrogen-bond donors (Lipinski definition) is 0. The van der Waals surface area contributed by atoms with Crippen molar-refractivity contribution in [2.24, 2.45) is 0 Å². The molecule has 1 aliphatic rings. The fraction of sp³-hybridized carbons (Fsp3) is 0.208. The smallest absolute Gasteiger partial charge is 0.269 e. The number of benzene rings is 2. The number of carbonyl (C=O) groups is 1. The maximum Gasteiger partial charge on any atom is 0.269 e. The Labute approximate surface area is 195 Å². The van der Waals surface area contributed by atoms with E-state index in [0.29, 0.717) is 43.4 Å². The highest BCUT2D eigenvalue weighted by Crippen LogP contribution is 2.25. The van der Waals surface area contributed by atoms with Gasteiger partial charge in [-0.15, -0.1) is 0 Å². The lowest BCUT2D eigenvalue weighted by atomic mass is 10.1. The summed E-state index contributed by atoms with van der Waals surface area (Å²) in [4.78, 5) is 31.0. The van der Waals surface area contributed by atoms with E-state index >= 15 is 0 Å². The molecule has 1 aromatic heterocycles. The Hall–Kier alpha value is -4.65. The zero-order chi connectivity index (χ0) is 24.1. The third-order valence-corrected chi connectivity index (χ3v) is 5.45. The number of anilines is 1. The minimum atomic E-state index is -0.461. The lowest BCUT2D eigenvalue weighted by Gasteiger charge is -2.34. The van der Waals surface area contributed by atoms with E-state index in [1.165, 1.54) is 12.1 Å². The highest BCUT2D eigenvalue weighted by atomic mass is 16.6. The third kappa shape index (κ3) is 4.88.